The fourth-order valence-electron chi connectivity index (χ4n) is 2.03. The minimum Gasteiger partial charge on any atom is -0.296 e. The molecule has 0 saturated heterocycles. The van der Waals surface area contributed by atoms with Crippen LogP contribution in [-0.2, 0) is 0 Å². The number of nitrogens with zero attached hydrogens (tertiary/aromatic N) is 1. The standard InChI is InChI=1S/C16H25NO/c1-6-7-14(4)17(5)11-16(18)15-9-8-12(2)13(3)10-15/h8-10,14H,6-7,11H2,1-5H3. The van der Waals surface area contributed by atoms with E-state index in [2.05, 4.69) is 32.6 Å². The molecule has 0 N–H and O–H groups in total. The van der Waals surface area contributed by atoms with Gasteiger partial charge < -0.3 is 0 Å². The highest BCUT2D eigenvalue weighted by Crippen LogP contribution is 2.12. The SMILES string of the molecule is CCCC(C)N(C)CC(=O)c1ccc(C)c(C)c1. The number of rotatable bonds is 6. The van der Waals surface area contributed by atoms with Crippen molar-refractivity contribution < 1.29 is 4.79 Å². The Morgan fingerprint density at radius 3 is 2.50 bits per heavy atom. The van der Waals surface area contributed by atoms with Crippen LogP contribution in [0.5, 0.6) is 0 Å². The van der Waals surface area contributed by atoms with Gasteiger partial charge in [0.25, 0.3) is 0 Å². The van der Waals surface area contributed by atoms with Crippen molar-refractivity contribution in [1.82, 2.24) is 4.90 Å². The van der Waals surface area contributed by atoms with Gasteiger partial charge in [0.15, 0.2) is 5.78 Å². The lowest BCUT2D eigenvalue weighted by atomic mass is 10.0. The van der Waals surface area contributed by atoms with Gasteiger partial charge in [-0.3, -0.25) is 9.69 Å². The van der Waals surface area contributed by atoms with Crippen molar-refractivity contribution in [3.8, 4) is 0 Å². The maximum atomic E-state index is 12.2. The van der Waals surface area contributed by atoms with E-state index in [1.807, 2.05) is 25.2 Å². The molecule has 0 aromatic heterocycles. The average Bonchev–Trinajstić information content (AvgIpc) is 2.32. The Labute approximate surface area is 111 Å². The van der Waals surface area contributed by atoms with Gasteiger partial charge in [0.1, 0.15) is 0 Å². The van der Waals surface area contributed by atoms with Crippen LogP contribution >= 0.6 is 0 Å². The lowest BCUT2D eigenvalue weighted by Gasteiger charge is -2.23. The molecular weight excluding hydrogens is 222 g/mol. The minimum absolute atomic E-state index is 0.212. The number of hydrogen-bond acceptors (Lipinski definition) is 2. The Bertz CT molecular complexity index is 412. The van der Waals surface area contributed by atoms with Gasteiger partial charge in [-0.05, 0) is 51.4 Å². The van der Waals surface area contributed by atoms with E-state index in [0.29, 0.717) is 12.6 Å². The molecular formula is C16H25NO. The summed E-state index contributed by atoms with van der Waals surface area (Å²) in [5.41, 5.74) is 3.25. The molecule has 0 aliphatic heterocycles. The lowest BCUT2D eigenvalue weighted by molar-refractivity contribution is 0.0921. The summed E-state index contributed by atoms with van der Waals surface area (Å²) in [5.74, 6) is 0.212. The Morgan fingerprint density at radius 1 is 1.28 bits per heavy atom. The van der Waals surface area contributed by atoms with Crippen LogP contribution in [0.15, 0.2) is 18.2 Å². The summed E-state index contributed by atoms with van der Waals surface area (Å²) in [5, 5.41) is 0. The van der Waals surface area contributed by atoms with Crippen molar-refractivity contribution in [2.75, 3.05) is 13.6 Å². The van der Waals surface area contributed by atoms with Gasteiger partial charge in [-0.1, -0.05) is 25.5 Å². The van der Waals surface area contributed by atoms with E-state index in [-0.39, 0.29) is 5.78 Å². The number of carbonyl (C=O) groups excluding carboxylic acids is 1. The van der Waals surface area contributed by atoms with Gasteiger partial charge in [0.05, 0.1) is 6.54 Å². The molecule has 1 aromatic rings. The Hall–Kier alpha value is -1.15. The summed E-state index contributed by atoms with van der Waals surface area (Å²) in [6.07, 6.45) is 2.29. The third-order valence-electron chi connectivity index (χ3n) is 3.68. The zero-order valence-electron chi connectivity index (χ0n) is 12.3. The zero-order chi connectivity index (χ0) is 13.7. The van der Waals surface area contributed by atoms with E-state index in [9.17, 15) is 4.79 Å². The highest BCUT2D eigenvalue weighted by atomic mass is 16.1. The third kappa shape index (κ3) is 3.95. The quantitative estimate of drug-likeness (QED) is 0.716. The first-order chi connectivity index (χ1) is 8.45. The van der Waals surface area contributed by atoms with Crippen LogP contribution in [-0.4, -0.2) is 30.3 Å². The smallest absolute Gasteiger partial charge is 0.176 e. The maximum absolute atomic E-state index is 12.2. The van der Waals surface area contributed by atoms with Gasteiger partial charge in [-0.15, -0.1) is 0 Å². The summed E-state index contributed by atoms with van der Waals surface area (Å²) >= 11 is 0. The molecule has 2 heteroatoms. The van der Waals surface area contributed by atoms with Gasteiger partial charge in [-0.25, -0.2) is 0 Å². The first kappa shape index (κ1) is 14.9. The average molecular weight is 247 g/mol. The van der Waals surface area contributed by atoms with Crippen molar-refractivity contribution in [1.29, 1.82) is 0 Å². The molecule has 0 spiro atoms. The van der Waals surface area contributed by atoms with Gasteiger partial charge in [0, 0.05) is 11.6 Å². The van der Waals surface area contributed by atoms with E-state index < -0.39 is 0 Å². The van der Waals surface area contributed by atoms with Crippen molar-refractivity contribution in [3.63, 3.8) is 0 Å². The fraction of sp³-hybridized carbons (Fsp3) is 0.562. The molecule has 0 fully saturated rings. The fourth-order valence-corrected chi connectivity index (χ4v) is 2.03. The second-order valence-electron chi connectivity index (χ2n) is 5.28. The van der Waals surface area contributed by atoms with Crippen molar-refractivity contribution in [3.05, 3.63) is 34.9 Å². The molecule has 0 saturated carbocycles. The zero-order valence-corrected chi connectivity index (χ0v) is 12.3. The summed E-state index contributed by atoms with van der Waals surface area (Å²) in [4.78, 5) is 14.3. The van der Waals surface area contributed by atoms with E-state index in [1.165, 1.54) is 11.1 Å². The first-order valence-electron chi connectivity index (χ1n) is 6.76. The predicted octanol–water partition coefficient (Wildman–Crippen LogP) is 3.61. The molecule has 0 aliphatic rings. The van der Waals surface area contributed by atoms with Crippen LogP contribution in [0.2, 0.25) is 0 Å². The monoisotopic (exact) mass is 247 g/mol. The van der Waals surface area contributed by atoms with Crippen molar-refractivity contribution in [2.45, 2.75) is 46.6 Å². The number of hydrogen-bond donors (Lipinski definition) is 0. The van der Waals surface area contributed by atoms with Crippen LogP contribution in [0.25, 0.3) is 0 Å². The predicted molar refractivity (Wildman–Crippen MR) is 77.2 cm³/mol. The lowest BCUT2D eigenvalue weighted by Crippen LogP contribution is -2.33. The van der Waals surface area contributed by atoms with Crippen LogP contribution < -0.4 is 0 Å². The molecule has 1 rings (SSSR count). The normalized spacial score (nSPS) is 12.8. The molecule has 1 aromatic carbocycles. The summed E-state index contributed by atoms with van der Waals surface area (Å²) < 4.78 is 0. The van der Waals surface area contributed by atoms with Gasteiger partial charge in [0.2, 0.25) is 0 Å². The molecule has 1 atom stereocenters. The molecule has 18 heavy (non-hydrogen) atoms. The second kappa shape index (κ2) is 6.69. The Balaban J connectivity index is 2.67. The van der Waals surface area contributed by atoms with E-state index in [4.69, 9.17) is 0 Å². The number of ketones is 1. The molecule has 2 nitrogen and oxygen atoms in total. The van der Waals surface area contributed by atoms with Crippen molar-refractivity contribution >= 4 is 5.78 Å². The van der Waals surface area contributed by atoms with Crippen LogP contribution in [0, 0.1) is 13.8 Å². The number of benzene rings is 1. The minimum atomic E-state index is 0.212. The van der Waals surface area contributed by atoms with Gasteiger partial charge in [-0.2, -0.15) is 0 Å². The molecule has 100 valence electrons. The van der Waals surface area contributed by atoms with Crippen molar-refractivity contribution in [2.24, 2.45) is 0 Å². The van der Waals surface area contributed by atoms with Crippen LogP contribution in [0.3, 0.4) is 0 Å². The number of likely N-dealkylation sites (N-methyl/N-ethyl adjacent to an activating group) is 1. The maximum Gasteiger partial charge on any atom is 0.176 e. The molecule has 0 radical (unpaired) electrons. The Kier molecular flexibility index (Phi) is 5.54. The molecule has 0 heterocycles. The van der Waals surface area contributed by atoms with Gasteiger partial charge >= 0.3 is 0 Å². The third-order valence-corrected chi connectivity index (χ3v) is 3.68. The molecule has 1 unspecified atom stereocenters. The van der Waals surface area contributed by atoms with E-state index in [1.54, 1.807) is 0 Å². The first-order valence-corrected chi connectivity index (χ1v) is 6.76. The summed E-state index contributed by atoms with van der Waals surface area (Å²) in [6, 6.07) is 6.42. The largest absolute Gasteiger partial charge is 0.296 e. The highest BCUT2D eigenvalue weighted by molar-refractivity contribution is 5.97. The molecule has 0 bridgehead atoms. The topological polar surface area (TPSA) is 20.3 Å². The number of carbonyl (C=O) groups is 1. The molecule has 0 aliphatic carbocycles. The summed E-state index contributed by atoms with van der Waals surface area (Å²) in [6.45, 7) is 8.98. The highest BCUT2D eigenvalue weighted by Gasteiger charge is 2.14. The van der Waals surface area contributed by atoms with E-state index in [0.717, 1.165) is 18.4 Å². The van der Waals surface area contributed by atoms with E-state index >= 15 is 0 Å². The van der Waals surface area contributed by atoms with Crippen LogP contribution in [0.1, 0.15) is 48.2 Å². The number of aryl methyl sites for hydroxylation is 2. The molecule has 0 amide bonds. The summed E-state index contributed by atoms with van der Waals surface area (Å²) in [7, 11) is 2.03. The number of Topliss-reactive ketones (excluding diaryl/α,β-unsaturated/α-hetero) is 1. The second-order valence-corrected chi connectivity index (χ2v) is 5.28. The Morgan fingerprint density at radius 2 is 1.94 bits per heavy atom. The van der Waals surface area contributed by atoms with Crippen LogP contribution in [0.4, 0.5) is 0 Å².